The van der Waals surface area contributed by atoms with Crippen LogP contribution in [0.15, 0.2) is 0 Å². The van der Waals surface area contributed by atoms with E-state index >= 15 is 0 Å². The number of hydrogen-bond donors (Lipinski definition) is 1. The van der Waals surface area contributed by atoms with Crippen LogP contribution in [0.5, 0.6) is 0 Å². The van der Waals surface area contributed by atoms with Crippen molar-refractivity contribution in [2.45, 2.75) is 44.2 Å². The smallest absolute Gasteiger partial charge is 0.347 e. The van der Waals surface area contributed by atoms with Crippen LogP contribution in [0, 0.1) is 0 Å². The minimum absolute atomic E-state index is 0.241. The Morgan fingerprint density at radius 2 is 1.92 bits per heavy atom. The molecule has 0 spiro atoms. The third kappa shape index (κ3) is 3.30. The standard InChI is InChI=1S/C13H19N5O5S2/c19-13-17-8-9(18(13)23-25(20,21)22)4-5-10(17)11-14-15-12(24-11)16-6-2-1-3-7-16/h9-10H,1-8H2,(H,20,21,22)/t9-,10+/m1/s1. The number of aromatic nitrogens is 2. The van der Waals surface area contributed by atoms with Gasteiger partial charge in [0.1, 0.15) is 5.01 Å². The molecule has 25 heavy (non-hydrogen) atoms. The molecule has 1 aromatic rings. The van der Waals surface area contributed by atoms with Gasteiger partial charge in [-0.15, -0.1) is 14.5 Å². The number of nitrogens with zero attached hydrogens (tertiary/aromatic N) is 5. The summed E-state index contributed by atoms with van der Waals surface area (Å²) in [5.41, 5.74) is 0. The molecule has 4 heterocycles. The zero-order valence-electron chi connectivity index (χ0n) is 13.4. The Labute approximate surface area is 149 Å². The van der Waals surface area contributed by atoms with Gasteiger partial charge in [-0.3, -0.25) is 4.55 Å². The van der Waals surface area contributed by atoms with Crippen LogP contribution in [0.3, 0.4) is 0 Å². The van der Waals surface area contributed by atoms with Gasteiger partial charge in [-0.25, -0.2) is 4.79 Å². The van der Waals surface area contributed by atoms with Gasteiger partial charge in [0.25, 0.3) is 0 Å². The molecule has 10 nitrogen and oxygen atoms in total. The van der Waals surface area contributed by atoms with Gasteiger partial charge in [-0.2, -0.15) is 13.5 Å². The first-order valence-electron chi connectivity index (χ1n) is 8.27. The van der Waals surface area contributed by atoms with Crippen LogP contribution in [-0.2, 0) is 14.7 Å². The molecule has 4 rings (SSSR count). The average molecular weight is 389 g/mol. The van der Waals surface area contributed by atoms with Crippen molar-refractivity contribution in [3.8, 4) is 0 Å². The van der Waals surface area contributed by atoms with Crippen LogP contribution in [0.1, 0.15) is 43.2 Å². The molecule has 0 radical (unpaired) electrons. The highest BCUT2D eigenvalue weighted by molar-refractivity contribution is 7.80. The van der Waals surface area contributed by atoms with Gasteiger partial charge in [0.05, 0.1) is 12.1 Å². The SMILES string of the molecule is O=C1N2C[C@@H](CC[C@H]2c2nnc(N3CCCCC3)s2)N1OS(=O)(=O)O. The van der Waals surface area contributed by atoms with E-state index in [1.165, 1.54) is 17.8 Å². The molecule has 1 N–H and O–H groups in total. The van der Waals surface area contributed by atoms with Crippen molar-refractivity contribution >= 4 is 32.9 Å². The zero-order valence-corrected chi connectivity index (χ0v) is 15.1. The van der Waals surface area contributed by atoms with E-state index < -0.39 is 16.4 Å². The summed E-state index contributed by atoms with van der Waals surface area (Å²) >= 11 is 1.48. The lowest BCUT2D eigenvalue weighted by Crippen LogP contribution is -2.35. The molecule has 1 aromatic heterocycles. The van der Waals surface area contributed by atoms with Crippen molar-refractivity contribution in [3.63, 3.8) is 0 Å². The first-order chi connectivity index (χ1) is 11.9. The van der Waals surface area contributed by atoms with Crippen molar-refractivity contribution < 1.29 is 22.0 Å². The Kier molecular flexibility index (Phi) is 4.30. The number of urea groups is 1. The van der Waals surface area contributed by atoms with Gasteiger partial charge in [-0.1, -0.05) is 11.3 Å². The van der Waals surface area contributed by atoms with E-state index in [2.05, 4.69) is 19.4 Å². The van der Waals surface area contributed by atoms with E-state index in [-0.39, 0.29) is 12.1 Å². The summed E-state index contributed by atoms with van der Waals surface area (Å²) in [7, 11) is -4.73. The molecule has 0 saturated carbocycles. The number of piperidine rings is 2. The van der Waals surface area contributed by atoms with E-state index in [0.717, 1.165) is 41.1 Å². The number of rotatable bonds is 4. The lowest BCUT2D eigenvalue weighted by Gasteiger charge is -2.28. The number of carbonyl (C=O) groups excluding carboxylic acids is 1. The highest BCUT2D eigenvalue weighted by Crippen LogP contribution is 2.40. The number of carbonyl (C=O) groups is 1. The Hall–Kier alpha value is -1.50. The van der Waals surface area contributed by atoms with Gasteiger partial charge in [0, 0.05) is 19.6 Å². The van der Waals surface area contributed by atoms with Crippen LogP contribution < -0.4 is 4.90 Å². The maximum Gasteiger partial charge on any atom is 0.418 e. The monoisotopic (exact) mass is 389 g/mol. The number of anilines is 1. The molecule has 2 atom stereocenters. The summed E-state index contributed by atoms with van der Waals surface area (Å²) in [4.78, 5) is 16.2. The summed E-state index contributed by atoms with van der Waals surface area (Å²) in [6, 6.07) is -1.20. The van der Waals surface area contributed by atoms with Gasteiger partial charge in [0.2, 0.25) is 5.13 Å². The second kappa shape index (κ2) is 6.34. The van der Waals surface area contributed by atoms with Crippen LogP contribution in [0.4, 0.5) is 9.93 Å². The molecule has 12 heteroatoms. The van der Waals surface area contributed by atoms with Crippen molar-refractivity contribution in [2.24, 2.45) is 0 Å². The molecule has 3 aliphatic heterocycles. The second-order valence-electron chi connectivity index (χ2n) is 6.48. The predicted octanol–water partition coefficient (Wildman–Crippen LogP) is 1.20. The van der Waals surface area contributed by atoms with E-state index in [4.69, 9.17) is 4.55 Å². The summed E-state index contributed by atoms with van der Waals surface area (Å²) in [5, 5.41) is 10.9. The maximum atomic E-state index is 12.5. The van der Waals surface area contributed by atoms with E-state index in [9.17, 15) is 13.2 Å². The van der Waals surface area contributed by atoms with Crippen molar-refractivity contribution in [2.75, 3.05) is 24.5 Å². The molecule has 3 aliphatic rings. The lowest BCUT2D eigenvalue weighted by atomic mass is 10.0. The van der Waals surface area contributed by atoms with Gasteiger partial charge < -0.3 is 9.80 Å². The molecule has 0 aromatic carbocycles. The molecular weight excluding hydrogens is 370 g/mol. The molecule has 3 fully saturated rings. The summed E-state index contributed by atoms with van der Waals surface area (Å²) < 4.78 is 35.2. The molecule has 138 valence electrons. The first kappa shape index (κ1) is 16.9. The number of hydroxylamine groups is 2. The highest BCUT2D eigenvalue weighted by Gasteiger charge is 2.48. The van der Waals surface area contributed by atoms with Crippen molar-refractivity contribution in [1.29, 1.82) is 0 Å². The fourth-order valence-electron chi connectivity index (χ4n) is 3.66. The molecular formula is C13H19N5O5S2. The number of fused-ring (bicyclic) bond motifs is 2. The largest absolute Gasteiger partial charge is 0.418 e. The molecule has 3 saturated heterocycles. The second-order valence-corrected chi connectivity index (χ2v) is 8.47. The van der Waals surface area contributed by atoms with Gasteiger partial charge >= 0.3 is 16.4 Å². The fraction of sp³-hybridized carbons (Fsp3) is 0.769. The third-order valence-corrected chi connectivity index (χ3v) is 6.27. The summed E-state index contributed by atoms with van der Waals surface area (Å²) in [6.45, 7) is 2.29. The van der Waals surface area contributed by atoms with E-state index in [0.29, 0.717) is 19.4 Å². The average Bonchev–Trinajstić information content (AvgIpc) is 3.16. The zero-order chi connectivity index (χ0) is 17.6. The summed E-state index contributed by atoms with van der Waals surface area (Å²) in [6.07, 6.45) is 4.74. The molecule has 0 unspecified atom stereocenters. The van der Waals surface area contributed by atoms with Crippen LogP contribution in [-0.4, -0.2) is 64.8 Å². The minimum atomic E-state index is -4.73. The van der Waals surface area contributed by atoms with E-state index in [1.54, 1.807) is 4.90 Å². The molecule has 2 amide bonds. The lowest BCUT2D eigenvalue weighted by molar-refractivity contribution is -0.0317. The predicted molar refractivity (Wildman–Crippen MR) is 88.3 cm³/mol. The highest BCUT2D eigenvalue weighted by atomic mass is 32.3. The molecule has 2 bridgehead atoms. The van der Waals surface area contributed by atoms with Crippen LogP contribution in [0.25, 0.3) is 0 Å². The Morgan fingerprint density at radius 1 is 1.16 bits per heavy atom. The topological polar surface area (TPSA) is 116 Å². The maximum absolute atomic E-state index is 12.5. The minimum Gasteiger partial charge on any atom is -0.347 e. The Bertz CT molecular complexity index is 763. The van der Waals surface area contributed by atoms with E-state index in [1.807, 2.05) is 0 Å². The first-order valence-corrected chi connectivity index (χ1v) is 10.5. The fourth-order valence-corrected chi connectivity index (χ4v) is 5.09. The number of amides is 2. The third-order valence-electron chi connectivity index (χ3n) is 4.84. The Morgan fingerprint density at radius 3 is 2.64 bits per heavy atom. The van der Waals surface area contributed by atoms with Crippen LogP contribution in [0.2, 0.25) is 0 Å². The molecule has 0 aliphatic carbocycles. The number of hydrogen-bond acceptors (Lipinski definition) is 8. The van der Waals surface area contributed by atoms with Crippen molar-refractivity contribution in [3.05, 3.63) is 5.01 Å². The van der Waals surface area contributed by atoms with Crippen LogP contribution >= 0.6 is 11.3 Å². The summed E-state index contributed by atoms with van der Waals surface area (Å²) in [5.74, 6) is 0. The van der Waals surface area contributed by atoms with Crippen molar-refractivity contribution in [1.82, 2.24) is 20.2 Å². The normalized spacial score (nSPS) is 27.2. The quantitative estimate of drug-likeness (QED) is 0.764. The Balaban J connectivity index is 1.51. The van der Waals surface area contributed by atoms with Gasteiger partial charge in [-0.05, 0) is 32.1 Å². The van der Waals surface area contributed by atoms with Gasteiger partial charge in [0.15, 0.2) is 0 Å².